The van der Waals surface area contributed by atoms with Gasteiger partial charge in [0.05, 0.1) is 16.8 Å². The van der Waals surface area contributed by atoms with E-state index in [1.165, 1.54) is 11.3 Å². The van der Waals surface area contributed by atoms with E-state index in [-0.39, 0.29) is 5.91 Å². The zero-order chi connectivity index (χ0) is 17.6. The van der Waals surface area contributed by atoms with E-state index >= 15 is 0 Å². The average molecular weight is 373 g/mol. The number of nitrogens with zero attached hydrogens (tertiary/aromatic N) is 2. The highest BCUT2D eigenvalue weighted by Crippen LogP contribution is 2.18. The standard InChI is InChI=1S/C19H20N2O2S2/c1-3-23-13-12-21-16-6-4-5-7-17(16)25-19(21)20-18(22)14-8-10-15(24-2)11-9-14/h4-11H,3,12-13H2,1-2H3. The summed E-state index contributed by atoms with van der Waals surface area (Å²) < 4.78 is 8.65. The van der Waals surface area contributed by atoms with Crippen LogP contribution in [-0.2, 0) is 11.3 Å². The molecule has 0 aliphatic carbocycles. The first-order valence-corrected chi connectivity index (χ1v) is 10.2. The highest BCUT2D eigenvalue weighted by atomic mass is 32.2. The molecule has 0 aliphatic heterocycles. The molecule has 0 bridgehead atoms. The molecule has 0 radical (unpaired) electrons. The third kappa shape index (κ3) is 4.21. The van der Waals surface area contributed by atoms with Crippen molar-refractivity contribution < 1.29 is 9.53 Å². The van der Waals surface area contributed by atoms with Gasteiger partial charge in [0.25, 0.3) is 5.91 Å². The molecular weight excluding hydrogens is 352 g/mol. The van der Waals surface area contributed by atoms with Gasteiger partial charge in [-0.05, 0) is 49.6 Å². The molecule has 0 saturated carbocycles. The van der Waals surface area contributed by atoms with Crippen molar-refractivity contribution in [3.8, 4) is 0 Å². The van der Waals surface area contributed by atoms with E-state index in [1.54, 1.807) is 11.8 Å². The van der Waals surface area contributed by atoms with Crippen LogP contribution in [0.25, 0.3) is 10.2 Å². The molecule has 0 unspecified atom stereocenters. The molecule has 3 aromatic rings. The van der Waals surface area contributed by atoms with E-state index in [0.717, 1.165) is 15.1 Å². The summed E-state index contributed by atoms with van der Waals surface area (Å²) in [4.78, 5) is 18.8. The van der Waals surface area contributed by atoms with E-state index in [9.17, 15) is 4.79 Å². The van der Waals surface area contributed by atoms with Crippen LogP contribution in [0.15, 0.2) is 58.4 Å². The van der Waals surface area contributed by atoms with Crippen LogP contribution in [0.4, 0.5) is 0 Å². The fourth-order valence-corrected chi connectivity index (χ4v) is 3.97. The van der Waals surface area contributed by atoms with Gasteiger partial charge in [0.15, 0.2) is 4.80 Å². The quantitative estimate of drug-likeness (QED) is 0.481. The van der Waals surface area contributed by atoms with Crippen LogP contribution in [-0.4, -0.2) is 29.9 Å². The molecule has 0 fully saturated rings. The van der Waals surface area contributed by atoms with Gasteiger partial charge in [0.1, 0.15) is 0 Å². The number of benzene rings is 2. The number of hydrogen-bond donors (Lipinski definition) is 0. The van der Waals surface area contributed by atoms with Crippen LogP contribution in [0.1, 0.15) is 17.3 Å². The van der Waals surface area contributed by atoms with Crippen molar-refractivity contribution in [3.05, 3.63) is 58.9 Å². The van der Waals surface area contributed by atoms with Crippen LogP contribution >= 0.6 is 23.1 Å². The monoisotopic (exact) mass is 372 g/mol. The van der Waals surface area contributed by atoms with E-state index in [0.29, 0.717) is 30.1 Å². The van der Waals surface area contributed by atoms with Gasteiger partial charge in [-0.2, -0.15) is 4.99 Å². The molecule has 0 N–H and O–H groups in total. The first-order chi connectivity index (χ1) is 12.2. The fraction of sp³-hybridized carbons (Fsp3) is 0.263. The molecular formula is C19H20N2O2S2. The number of thiazole rings is 1. The fourth-order valence-electron chi connectivity index (χ4n) is 2.51. The van der Waals surface area contributed by atoms with Crippen molar-refractivity contribution in [2.45, 2.75) is 18.4 Å². The molecule has 2 aromatic carbocycles. The number of fused-ring (bicyclic) bond motifs is 1. The lowest BCUT2D eigenvalue weighted by atomic mass is 10.2. The minimum atomic E-state index is -0.218. The van der Waals surface area contributed by atoms with Crippen LogP contribution in [0, 0.1) is 0 Å². The van der Waals surface area contributed by atoms with Gasteiger partial charge in [-0.25, -0.2) is 0 Å². The molecule has 1 heterocycles. The first-order valence-electron chi connectivity index (χ1n) is 8.12. The highest BCUT2D eigenvalue weighted by molar-refractivity contribution is 7.98. The number of aromatic nitrogens is 1. The Kier molecular flexibility index (Phi) is 6.07. The number of thioether (sulfide) groups is 1. The molecule has 1 aromatic heterocycles. The number of carbonyl (C=O) groups is 1. The van der Waals surface area contributed by atoms with Crippen molar-refractivity contribution in [3.63, 3.8) is 0 Å². The lowest BCUT2D eigenvalue weighted by Crippen LogP contribution is -2.19. The largest absolute Gasteiger partial charge is 0.380 e. The molecule has 25 heavy (non-hydrogen) atoms. The lowest BCUT2D eigenvalue weighted by Gasteiger charge is -2.05. The summed E-state index contributed by atoms with van der Waals surface area (Å²) in [6.45, 7) is 3.93. The van der Waals surface area contributed by atoms with Gasteiger partial charge < -0.3 is 9.30 Å². The number of rotatable bonds is 6. The lowest BCUT2D eigenvalue weighted by molar-refractivity contribution is 0.0996. The molecule has 130 valence electrons. The van der Waals surface area contributed by atoms with E-state index < -0.39 is 0 Å². The molecule has 0 spiro atoms. The van der Waals surface area contributed by atoms with Crippen molar-refractivity contribution in [2.24, 2.45) is 4.99 Å². The zero-order valence-corrected chi connectivity index (χ0v) is 15.9. The smallest absolute Gasteiger partial charge is 0.279 e. The Morgan fingerprint density at radius 2 is 1.96 bits per heavy atom. The van der Waals surface area contributed by atoms with E-state index in [1.807, 2.05) is 55.6 Å². The predicted octanol–water partition coefficient (Wildman–Crippen LogP) is 4.20. The number of ether oxygens (including phenoxy) is 1. The van der Waals surface area contributed by atoms with Gasteiger partial charge in [-0.1, -0.05) is 23.5 Å². The summed E-state index contributed by atoms with van der Waals surface area (Å²) in [5, 5.41) is 0. The van der Waals surface area contributed by atoms with E-state index in [2.05, 4.69) is 15.6 Å². The average Bonchev–Trinajstić information content (AvgIpc) is 2.99. The Morgan fingerprint density at radius 1 is 1.20 bits per heavy atom. The molecule has 1 amide bonds. The summed E-state index contributed by atoms with van der Waals surface area (Å²) in [5.74, 6) is -0.218. The van der Waals surface area contributed by atoms with Gasteiger partial charge in [0.2, 0.25) is 0 Å². The third-order valence-electron chi connectivity index (χ3n) is 3.79. The van der Waals surface area contributed by atoms with Gasteiger partial charge in [-0.15, -0.1) is 11.8 Å². The first kappa shape index (κ1) is 17.9. The summed E-state index contributed by atoms with van der Waals surface area (Å²) >= 11 is 3.18. The third-order valence-corrected chi connectivity index (χ3v) is 5.59. The number of amides is 1. The van der Waals surface area contributed by atoms with E-state index in [4.69, 9.17) is 4.74 Å². The number of carbonyl (C=O) groups excluding carboxylic acids is 1. The van der Waals surface area contributed by atoms with Crippen LogP contribution in [0.2, 0.25) is 0 Å². The molecule has 0 saturated heterocycles. The number of hydrogen-bond acceptors (Lipinski definition) is 4. The topological polar surface area (TPSA) is 43.6 Å². The van der Waals surface area contributed by atoms with Gasteiger partial charge >= 0.3 is 0 Å². The Labute approximate surface area is 155 Å². The minimum Gasteiger partial charge on any atom is -0.380 e. The van der Waals surface area contributed by atoms with Crippen LogP contribution < -0.4 is 4.80 Å². The molecule has 0 aliphatic rings. The zero-order valence-electron chi connectivity index (χ0n) is 14.3. The summed E-state index contributed by atoms with van der Waals surface area (Å²) in [6.07, 6.45) is 2.01. The maximum atomic E-state index is 12.6. The molecule has 4 nitrogen and oxygen atoms in total. The summed E-state index contributed by atoms with van der Waals surface area (Å²) in [5.41, 5.74) is 1.68. The maximum absolute atomic E-state index is 12.6. The second kappa shape index (κ2) is 8.47. The minimum absolute atomic E-state index is 0.218. The van der Waals surface area contributed by atoms with Crippen molar-refractivity contribution in [2.75, 3.05) is 19.5 Å². The summed E-state index contributed by atoms with van der Waals surface area (Å²) in [7, 11) is 0. The maximum Gasteiger partial charge on any atom is 0.279 e. The Morgan fingerprint density at radius 3 is 2.68 bits per heavy atom. The van der Waals surface area contributed by atoms with Crippen LogP contribution in [0.3, 0.4) is 0 Å². The second-order valence-electron chi connectivity index (χ2n) is 5.35. The normalized spacial score (nSPS) is 12.0. The molecule has 0 atom stereocenters. The Bertz CT molecular complexity index is 926. The summed E-state index contributed by atoms with van der Waals surface area (Å²) in [6, 6.07) is 15.6. The highest BCUT2D eigenvalue weighted by Gasteiger charge is 2.09. The molecule has 6 heteroatoms. The number of para-hydroxylation sites is 1. The van der Waals surface area contributed by atoms with Gasteiger partial charge in [-0.3, -0.25) is 4.79 Å². The predicted molar refractivity (Wildman–Crippen MR) is 104 cm³/mol. The Balaban J connectivity index is 1.98. The van der Waals surface area contributed by atoms with Gasteiger partial charge in [0, 0.05) is 23.6 Å². The SMILES string of the molecule is CCOCCn1c(=NC(=O)c2ccc(SC)cc2)sc2ccccc21. The Hall–Kier alpha value is -1.89. The second-order valence-corrected chi connectivity index (χ2v) is 7.24. The molecule has 3 rings (SSSR count). The van der Waals surface area contributed by atoms with Crippen LogP contribution in [0.5, 0.6) is 0 Å². The van der Waals surface area contributed by atoms with Crippen molar-refractivity contribution in [1.82, 2.24) is 4.57 Å². The van der Waals surface area contributed by atoms with Crippen molar-refractivity contribution in [1.29, 1.82) is 0 Å². The van der Waals surface area contributed by atoms with Crippen molar-refractivity contribution >= 4 is 39.2 Å².